The molecule has 0 fully saturated rings. The normalized spacial score (nSPS) is 12.3. The van der Waals surface area contributed by atoms with Crippen LogP contribution in [-0.2, 0) is 23.9 Å². The molecule has 0 aliphatic heterocycles. The lowest BCUT2D eigenvalue weighted by molar-refractivity contribution is -0.144. The molecular weight excluding hydrogens is 1010 g/mol. The van der Waals surface area contributed by atoms with Gasteiger partial charge in [-0.3, -0.25) is 14.4 Å². The van der Waals surface area contributed by atoms with Crippen LogP contribution in [0.2, 0.25) is 0 Å². The van der Waals surface area contributed by atoms with Crippen molar-refractivity contribution < 1.29 is 29.0 Å². The highest BCUT2D eigenvalue weighted by Gasteiger charge is 2.14. The second-order valence-corrected chi connectivity index (χ2v) is 26.9. The lowest BCUT2D eigenvalue weighted by Crippen LogP contribution is -2.35. The molecule has 0 saturated carbocycles. The van der Waals surface area contributed by atoms with Crippen LogP contribution < -0.4 is 5.32 Å². The SMILES string of the molecule is CCCCCC[C@@H](O)C/C=C\CCCCCCCC(=O)NCCN(C)CCCN(CCC(=O)OCCCCCCSSCC(CCCC)CCCC)CCC(=O)OCCCCCCSSCC(CCCC)CCCC. The number of aliphatic hydroxyl groups is 1. The third-order valence-electron chi connectivity index (χ3n) is 14.2. The van der Waals surface area contributed by atoms with Crippen molar-refractivity contribution >= 4 is 61.0 Å². The topological polar surface area (TPSA) is 108 Å². The fourth-order valence-corrected chi connectivity index (χ4v) is 14.4. The van der Waals surface area contributed by atoms with E-state index in [0.717, 1.165) is 115 Å². The molecule has 0 bridgehead atoms. The minimum Gasteiger partial charge on any atom is -0.466 e. The molecule has 444 valence electrons. The molecule has 0 spiro atoms. The van der Waals surface area contributed by atoms with Crippen molar-refractivity contribution in [2.24, 2.45) is 11.8 Å². The second kappa shape index (κ2) is 59.5. The third kappa shape index (κ3) is 55.1. The summed E-state index contributed by atoms with van der Waals surface area (Å²) in [7, 11) is 10.3. The van der Waals surface area contributed by atoms with Crippen LogP contribution in [0.5, 0.6) is 0 Å². The fourth-order valence-electron chi connectivity index (χ4n) is 9.11. The smallest absolute Gasteiger partial charge is 0.307 e. The number of allylic oxidation sites excluding steroid dienone is 1. The Morgan fingerprint density at radius 1 is 0.480 bits per heavy atom. The molecule has 0 unspecified atom stereocenters. The zero-order chi connectivity index (χ0) is 54.9. The number of carbonyl (C=O) groups is 3. The molecule has 0 aromatic heterocycles. The first-order valence-electron chi connectivity index (χ1n) is 31.5. The Labute approximate surface area is 480 Å². The molecule has 0 radical (unpaired) electrons. The zero-order valence-electron chi connectivity index (χ0n) is 49.8. The molecule has 0 aliphatic carbocycles. The van der Waals surface area contributed by atoms with Crippen LogP contribution in [0.3, 0.4) is 0 Å². The number of hydrogen-bond donors (Lipinski definition) is 2. The number of hydrogen-bond acceptors (Lipinski definition) is 12. The molecule has 0 saturated heterocycles. The lowest BCUT2D eigenvalue weighted by atomic mass is 9.98. The number of aliphatic hydroxyl groups excluding tert-OH is 1. The Hall–Kier alpha value is -0.570. The summed E-state index contributed by atoms with van der Waals surface area (Å²) in [6.45, 7) is 16.5. The zero-order valence-corrected chi connectivity index (χ0v) is 53.1. The van der Waals surface area contributed by atoms with Crippen molar-refractivity contribution in [3.8, 4) is 0 Å². The summed E-state index contributed by atoms with van der Waals surface area (Å²) in [4.78, 5) is 42.7. The summed E-state index contributed by atoms with van der Waals surface area (Å²) in [6, 6.07) is 0. The van der Waals surface area contributed by atoms with Crippen molar-refractivity contribution in [1.29, 1.82) is 0 Å². The van der Waals surface area contributed by atoms with E-state index in [1.54, 1.807) is 0 Å². The van der Waals surface area contributed by atoms with Crippen molar-refractivity contribution in [2.45, 2.75) is 272 Å². The maximum Gasteiger partial charge on any atom is 0.307 e. The van der Waals surface area contributed by atoms with E-state index in [0.29, 0.717) is 52.1 Å². The second-order valence-electron chi connectivity index (χ2n) is 21.6. The minimum absolute atomic E-state index is 0.130. The molecule has 13 heteroatoms. The van der Waals surface area contributed by atoms with Gasteiger partial charge >= 0.3 is 11.9 Å². The van der Waals surface area contributed by atoms with Crippen LogP contribution in [0.1, 0.15) is 266 Å². The van der Waals surface area contributed by atoms with Crippen molar-refractivity contribution in [2.75, 3.05) is 82.5 Å². The number of rotatable bonds is 60. The van der Waals surface area contributed by atoms with E-state index in [2.05, 4.69) is 90.5 Å². The van der Waals surface area contributed by atoms with E-state index in [1.807, 2.05) is 21.6 Å². The molecule has 0 aromatic carbocycles. The quantitative estimate of drug-likeness (QED) is 0.0262. The van der Waals surface area contributed by atoms with Crippen LogP contribution in [0.25, 0.3) is 0 Å². The predicted octanol–water partition coefficient (Wildman–Crippen LogP) is 17.5. The number of amides is 1. The Balaban J connectivity index is 4.55. The molecule has 9 nitrogen and oxygen atoms in total. The van der Waals surface area contributed by atoms with Crippen LogP contribution in [0.4, 0.5) is 0 Å². The van der Waals surface area contributed by atoms with Crippen LogP contribution in [0.15, 0.2) is 12.2 Å². The fraction of sp³-hybridized carbons (Fsp3) is 0.919. The first-order chi connectivity index (χ1) is 36.7. The van der Waals surface area contributed by atoms with Gasteiger partial charge in [0.1, 0.15) is 0 Å². The monoisotopic (exact) mass is 1130 g/mol. The Bertz CT molecular complexity index is 1200. The van der Waals surface area contributed by atoms with Gasteiger partial charge in [-0.05, 0) is 122 Å². The van der Waals surface area contributed by atoms with Gasteiger partial charge < -0.3 is 29.7 Å². The number of carbonyl (C=O) groups excluding carboxylic acids is 3. The van der Waals surface area contributed by atoms with E-state index in [9.17, 15) is 19.5 Å². The summed E-state index contributed by atoms with van der Waals surface area (Å²) in [6.07, 6.45) is 44.2. The summed E-state index contributed by atoms with van der Waals surface area (Å²) >= 11 is 0. The summed E-state index contributed by atoms with van der Waals surface area (Å²) in [5.41, 5.74) is 0. The van der Waals surface area contributed by atoms with Gasteiger partial charge in [-0.1, -0.05) is 212 Å². The minimum atomic E-state index is -0.199. The van der Waals surface area contributed by atoms with E-state index >= 15 is 0 Å². The highest BCUT2D eigenvalue weighted by molar-refractivity contribution is 8.77. The van der Waals surface area contributed by atoms with Crippen molar-refractivity contribution in [3.63, 3.8) is 0 Å². The van der Waals surface area contributed by atoms with Gasteiger partial charge in [0.15, 0.2) is 0 Å². The van der Waals surface area contributed by atoms with E-state index in [-0.39, 0.29) is 23.9 Å². The van der Waals surface area contributed by atoms with Gasteiger partial charge in [-0.25, -0.2) is 0 Å². The average molecular weight is 1130 g/mol. The largest absolute Gasteiger partial charge is 0.466 e. The number of unbranched alkanes of at least 4 members (excludes halogenated alkanes) is 18. The van der Waals surface area contributed by atoms with Crippen LogP contribution >= 0.6 is 43.2 Å². The molecule has 0 rings (SSSR count). The molecular formula is C62H121N3O6S4. The Kier molecular flexibility index (Phi) is 59.1. The van der Waals surface area contributed by atoms with Gasteiger partial charge in [-0.15, -0.1) is 0 Å². The average Bonchev–Trinajstić information content (AvgIpc) is 3.40. The van der Waals surface area contributed by atoms with Gasteiger partial charge in [0.05, 0.1) is 32.2 Å². The highest BCUT2D eigenvalue weighted by Crippen LogP contribution is 2.31. The summed E-state index contributed by atoms with van der Waals surface area (Å²) in [5.74, 6) is 6.52. The highest BCUT2D eigenvalue weighted by atomic mass is 33.1. The van der Waals surface area contributed by atoms with E-state index < -0.39 is 0 Å². The maximum absolute atomic E-state index is 12.8. The maximum atomic E-state index is 12.8. The first kappa shape index (κ1) is 74.4. The Morgan fingerprint density at radius 3 is 1.49 bits per heavy atom. The number of ether oxygens (including phenoxy) is 2. The van der Waals surface area contributed by atoms with Crippen molar-refractivity contribution in [3.05, 3.63) is 12.2 Å². The third-order valence-corrected chi connectivity index (χ3v) is 19.5. The summed E-state index contributed by atoms with van der Waals surface area (Å²) < 4.78 is 11.3. The molecule has 75 heavy (non-hydrogen) atoms. The standard InChI is InChI=1S/C62H121N3O6S4/c1-7-12-17-28-40-59(66)41-29-22-20-18-19-21-23-30-42-60(67)63-45-50-64(6)46-35-47-65(48-43-61(68)70-51-31-24-26-33-53-72-74-55-57(36-13-8-2)37-14-9-3)49-44-62(69)71-52-32-25-27-34-54-73-75-56-58(38-15-10-4)39-16-11-5/h22,29,57-59,66H,7-21,23-28,30-56H2,1-6H3,(H,63,67)/b29-22-/t59-/m1/s1. The lowest BCUT2D eigenvalue weighted by Gasteiger charge is -2.23. The van der Waals surface area contributed by atoms with Gasteiger partial charge in [0, 0.05) is 55.6 Å². The molecule has 1 amide bonds. The predicted molar refractivity (Wildman–Crippen MR) is 335 cm³/mol. The van der Waals surface area contributed by atoms with Crippen molar-refractivity contribution in [1.82, 2.24) is 15.1 Å². The molecule has 0 heterocycles. The van der Waals surface area contributed by atoms with E-state index in [1.165, 1.54) is 151 Å². The molecule has 0 aromatic rings. The number of nitrogens with one attached hydrogen (secondary N) is 1. The van der Waals surface area contributed by atoms with Gasteiger partial charge in [0.25, 0.3) is 0 Å². The van der Waals surface area contributed by atoms with E-state index in [4.69, 9.17) is 9.47 Å². The molecule has 0 aliphatic rings. The number of esters is 2. The Morgan fingerprint density at radius 2 is 0.960 bits per heavy atom. The van der Waals surface area contributed by atoms with Crippen LogP contribution in [0, 0.1) is 11.8 Å². The van der Waals surface area contributed by atoms with Gasteiger partial charge in [0.2, 0.25) is 5.91 Å². The summed E-state index contributed by atoms with van der Waals surface area (Å²) in [5, 5.41) is 13.2. The molecule has 1 atom stereocenters. The van der Waals surface area contributed by atoms with Crippen LogP contribution in [-0.4, -0.2) is 121 Å². The number of nitrogens with zero attached hydrogens (tertiary/aromatic N) is 2. The van der Waals surface area contributed by atoms with Gasteiger partial charge in [-0.2, -0.15) is 0 Å². The number of likely N-dealkylation sites (N-methyl/N-ethyl adjacent to an activating group) is 1. The first-order valence-corrected chi connectivity index (χ1v) is 36.5. The molecule has 2 N–H and O–H groups in total.